The lowest BCUT2D eigenvalue weighted by Gasteiger charge is -2.14. The van der Waals surface area contributed by atoms with E-state index in [1.165, 1.54) is 11.1 Å². The van der Waals surface area contributed by atoms with Crippen molar-refractivity contribution in [1.82, 2.24) is 0 Å². The fourth-order valence-corrected chi connectivity index (χ4v) is 2.22. The second-order valence-electron chi connectivity index (χ2n) is 3.75. The van der Waals surface area contributed by atoms with Crippen LogP contribution in [0.5, 0.6) is 0 Å². The molecule has 0 aliphatic heterocycles. The van der Waals surface area contributed by atoms with E-state index in [1.807, 2.05) is 6.08 Å². The van der Waals surface area contributed by atoms with Gasteiger partial charge in [0.05, 0.1) is 10.1 Å². The molecule has 0 N–H and O–H groups in total. The van der Waals surface area contributed by atoms with E-state index in [0.717, 1.165) is 18.4 Å². The predicted octanol–water partition coefficient (Wildman–Crippen LogP) is 4.86. The Balaban J connectivity index is 2.42. The Bertz CT molecular complexity index is 424. The maximum absolute atomic E-state index is 6.19. The third kappa shape index (κ3) is 2.27. The van der Waals surface area contributed by atoms with Crippen molar-refractivity contribution in [2.24, 2.45) is 0 Å². The van der Waals surface area contributed by atoms with Crippen LogP contribution in [0.25, 0.3) is 5.57 Å². The van der Waals surface area contributed by atoms with Crippen molar-refractivity contribution in [2.45, 2.75) is 19.8 Å². The molecule has 2 heteroatoms. The van der Waals surface area contributed by atoms with Crippen LogP contribution in [-0.2, 0) is 0 Å². The topological polar surface area (TPSA) is 0 Å². The van der Waals surface area contributed by atoms with Crippen LogP contribution >= 0.6 is 23.2 Å². The molecule has 0 bridgehead atoms. The Hall–Kier alpha value is -0.720. The molecule has 0 fully saturated rings. The Morgan fingerprint density at radius 1 is 1.07 bits per heavy atom. The van der Waals surface area contributed by atoms with Crippen LogP contribution in [0.15, 0.2) is 40.4 Å². The first-order valence-electron chi connectivity index (χ1n) is 5.00. The van der Waals surface area contributed by atoms with Gasteiger partial charge in [-0.1, -0.05) is 59.1 Å². The van der Waals surface area contributed by atoms with Crippen molar-refractivity contribution in [2.75, 3.05) is 0 Å². The highest BCUT2D eigenvalue weighted by molar-refractivity contribution is 6.46. The van der Waals surface area contributed by atoms with E-state index in [9.17, 15) is 0 Å². The number of allylic oxidation sites excluding steroid dienone is 4. The first-order chi connectivity index (χ1) is 7.18. The molecule has 78 valence electrons. The molecule has 0 heterocycles. The van der Waals surface area contributed by atoms with Gasteiger partial charge in [-0.05, 0) is 30.9 Å². The molecule has 0 amide bonds. The molecule has 0 unspecified atom stereocenters. The Morgan fingerprint density at radius 2 is 1.73 bits per heavy atom. The maximum Gasteiger partial charge on any atom is 0.0627 e. The summed E-state index contributed by atoms with van der Waals surface area (Å²) in [6, 6.07) is 8.39. The standard InChI is InChI=1S/C13H12Cl2/c1-9-5-7-10(8-6-9)11-3-2-4-12(14)13(11)15/h4-8H,2-3H2,1H3. The van der Waals surface area contributed by atoms with Gasteiger partial charge in [-0.3, -0.25) is 0 Å². The highest BCUT2D eigenvalue weighted by atomic mass is 35.5. The molecule has 15 heavy (non-hydrogen) atoms. The zero-order valence-corrected chi connectivity index (χ0v) is 10.1. The first-order valence-corrected chi connectivity index (χ1v) is 5.76. The number of benzene rings is 1. The average Bonchev–Trinajstić information content (AvgIpc) is 2.24. The van der Waals surface area contributed by atoms with E-state index in [0.29, 0.717) is 10.1 Å². The van der Waals surface area contributed by atoms with E-state index >= 15 is 0 Å². The second-order valence-corrected chi connectivity index (χ2v) is 4.53. The summed E-state index contributed by atoms with van der Waals surface area (Å²) in [6.45, 7) is 2.08. The molecular formula is C13H12Cl2. The van der Waals surface area contributed by atoms with Gasteiger partial charge in [-0.15, -0.1) is 0 Å². The molecule has 0 saturated heterocycles. The smallest absolute Gasteiger partial charge is 0.0627 e. The minimum Gasteiger partial charge on any atom is -0.0831 e. The van der Waals surface area contributed by atoms with E-state index in [1.54, 1.807) is 0 Å². The van der Waals surface area contributed by atoms with Crippen LogP contribution in [0.2, 0.25) is 0 Å². The quantitative estimate of drug-likeness (QED) is 0.656. The monoisotopic (exact) mass is 238 g/mol. The first kappa shape index (κ1) is 10.8. The second kappa shape index (κ2) is 4.42. The summed E-state index contributed by atoms with van der Waals surface area (Å²) < 4.78 is 0. The molecule has 0 aromatic heterocycles. The molecule has 0 nitrogen and oxygen atoms in total. The van der Waals surface area contributed by atoms with Crippen molar-refractivity contribution in [3.05, 3.63) is 51.5 Å². The third-order valence-electron chi connectivity index (χ3n) is 2.59. The van der Waals surface area contributed by atoms with Gasteiger partial charge in [0.15, 0.2) is 0 Å². The van der Waals surface area contributed by atoms with Crippen molar-refractivity contribution in [1.29, 1.82) is 0 Å². The lowest BCUT2D eigenvalue weighted by atomic mass is 9.96. The van der Waals surface area contributed by atoms with Crippen molar-refractivity contribution >= 4 is 28.8 Å². The SMILES string of the molecule is Cc1ccc(C2=C(Cl)C(Cl)=CCC2)cc1. The molecule has 1 aromatic carbocycles. The fourth-order valence-electron chi connectivity index (χ4n) is 1.71. The van der Waals surface area contributed by atoms with Crippen molar-refractivity contribution in [3.8, 4) is 0 Å². The molecule has 0 atom stereocenters. The lowest BCUT2D eigenvalue weighted by molar-refractivity contribution is 1.04. The average molecular weight is 239 g/mol. The van der Waals surface area contributed by atoms with Gasteiger partial charge < -0.3 is 0 Å². The molecule has 2 rings (SSSR count). The van der Waals surface area contributed by atoms with E-state index in [2.05, 4.69) is 31.2 Å². The summed E-state index contributed by atoms with van der Waals surface area (Å²) in [5.41, 5.74) is 3.59. The van der Waals surface area contributed by atoms with Crippen LogP contribution < -0.4 is 0 Å². The molecule has 1 aliphatic rings. The molecule has 0 saturated carbocycles. The normalized spacial score (nSPS) is 16.6. The van der Waals surface area contributed by atoms with Crippen LogP contribution in [0.1, 0.15) is 24.0 Å². The summed E-state index contributed by atoms with van der Waals surface area (Å²) in [5.74, 6) is 0. The molecule has 1 aliphatic carbocycles. The summed E-state index contributed by atoms with van der Waals surface area (Å²) in [5, 5.41) is 1.38. The van der Waals surface area contributed by atoms with Gasteiger partial charge >= 0.3 is 0 Å². The molecule has 0 radical (unpaired) electrons. The van der Waals surface area contributed by atoms with E-state index in [-0.39, 0.29) is 0 Å². The van der Waals surface area contributed by atoms with Gasteiger partial charge in [0.1, 0.15) is 0 Å². The Labute approximate surface area is 100 Å². The lowest BCUT2D eigenvalue weighted by Crippen LogP contribution is -1.93. The zero-order chi connectivity index (χ0) is 10.8. The summed E-state index contributed by atoms with van der Waals surface area (Å²) in [7, 11) is 0. The number of halogens is 2. The number of aryl methyl sites for hydroxylation is 1. The van der Waals surface area contributed by atoms with Gasteiger partial charge in [-0.2, -0.15) is 0 Å². The van der Waals surface area contributed by atoms with Gasteiger partial charge in [0.2, 0.25) is 0 Å². The summed E-state index contributed by atoms with van der Waals surface area (Å²) in [4.78, 5) is 0. The number of hydrogen-bond donors (Lipinski definition) is 0. The summed E-state index contributed by atoms with van der Waals surface area (Å²) in [6.07, 6.45) is 3.91. The van der Waals surface area contributed by atoms with Crippen LogP contribution in [0.3, 0.4) is 0 Å². The number of hydrogen-bond acceptors (Lipinski definition) is 0. The Morgan fingerprint density at radius 3 is 2.40 bits per heavy atom. The predicted molar refractivity (Wildman–Crippen MR) is 67.1 cm³/mol. The maximum atomic E-state index is 6.19. The minimum atomic E-state index is 0.679. The highest BCUT2D eigenvalue weighted by Crippen LogP contribution is 2.36. The minimum absolute atomic E-state index is 0.679. The number of rotatable bonds is 1. The van der Waals surface area contributed by atoms with E-state index in [4.69, 9.17) is 23.2 Å². The van der Waals surface area contributed by atoms with Crippen LogP contribution in [0.4, 0.5) is 0 Å². The summed E-state index contributed by atoms with van der Waals surface area (Å²) >= 11 is 12.2. The molecule has 1 aromatic rings. The zero-order valence-electron chi connectivity index (χ0n) is 8.56. The van der Waals surface area contributed by atoms with Crippen molar-refractivity contribution in [3.63, 3.8) is 0 Å². The highest BCUT2D eigenvalue weighted by Gasteiger charge is 2.13. The van der Waals surface area contributed by atoms with Gasteiger partial charge in [0.25, 0.3) is 0 Å². The largest absolute Gasteiger partial charge is 0.0831 e. The van der Waals surface area contributed by atoms with Gasteiger partial charge in [-0.25, -0.2) is 0 Å². The Kier molecular flexibility index (Phi) is 3.18. The van der Waals surface area contributed by atoms with Crippen molar-refractivity contribution < 1.29 is 0 Å². The molecular weight excluding hydrogens is 227 g/mol. The van der Waals surface area contributed by atoms with E-state index < -0.39 is 0 Å². The van der Waals surface area contributed by atoms with Gasteiger partial charge in [0, 0.05) is 0 Å². The van der Waals surface area contributed by atoms with Crippen LogP contribution in [-0.4, -0.2) is 0 Å². The fraction of sp³-hybridized carbons (Fsp3) is 0.231. The van der Waals surface area contributed by atoms with Crippen LogP contribution in [0, 0.1) is 6.92 Å². The molecule has 0 spiro atoms. The third-order valence-corrected chi connectivity index (χ3v) is 3.46.